The van der Waals surface area contributed by atoms with Crippen molar-refractivity contribution >= 4 is 31.6 Å². The summed E-state index contributed by atoms with van der Waals surface area (Å²) in [4.78, 5) is 0. The van der Waals surface area contributed by atoms with Crippen molar-refractivity contribution in [2.45, 2.75) is 17.9 Å². The summed E-state index contributed by atoms with van der Waals surface area (Å²) >= 11 is 3.31. The van der Waals surface area contributed by atoms with E-state index in [0.29, 0.717) is 16.0 Å². The first-order valence-corrected chi connectivity index (χ1v) is 5.95. The molecule has 94 valence electrons. The van der Waals surface area contributed by atoms with Crippen molar-refractivity contribution in [3.8, 4) is 11.5 Å². The Morgan fingerprint density at radius 2 is 1.72 bits per heavy atom. The van der Waals surface area contributed by atoms with Crippen molar-refractivity contribution in [3.05, 3.63) is 22.2 Å². The molecule has 0 saturated heterocycles. The lowest BCUT2D eigenvalue weighted by Gasteiger charge is -2.39. The zero-order valence-corrected chi connectivity index (χ0v) is 12.1. The zero-order valence-electron chi connectivity index (χ0n) is 10.5. The highest BCUT2D eigenvalue weighted by atomic mass is 79.9. The molecule has 2 unspecified atom stereocenters. The number of nitrogens with two attached hydrogens (primary N) is 1. The maximum atomic E-state index is 10.3. The summed E-state index contributed by atoms with van der Waals surface area (Å²) in [5.74, 6) is 0.841. The molecule has 1 aromatic rings. The normalized spacial score (nSPS) is 17.7. The molecule has 1 rings (SSSR count). The standard InChI is InChI=1S/C11H14B2BrNO3/c1-10(12,15)11(13,16)6-4-9(18-3)7(14)5-8(6)17-2/h4-5,16H,15H2,1-3H3. The van der Waals surface area contributed by atoms with Crippen LogP contribution in [0, 0.1) is 0 Å². The van der Waals surface area contributed by atoms with E-state index in [1.165, 1.54) is 27.2 Å². The molecule has 0 saturated carbocycles. The molecular formula is C11H14B2BrNO3. The van der Waals surface area contributed by atoms with Crippen molar-refractivity contribution in [3.63, 3.8) is 0 Å². The lowest BCUT2D eigenvalue weighted by molar-refractivity contribution is 0.0826. The SMILES string of the molecule is [B]C(C)(N)C([B])(O)c1cc(OC)c(Br)cc1OC. The van der Waals surface area contributed by atoms with Crippen LogP contribution < -0.4 is 15.2 Å². The molecule has 0 bridgehead atoms. The van der Waals surface area contributed by atoms with E-state index in [4.69, 9.17) is 30.9 Å². The number of benzene rings is 1. The number of aliphatic hydroxyl groups is 1. The van der Waals surface area contributed by atoms with Gasteiger partial charge < -0.3 is 20.3 Å². The monoisotopic (exact) mass is 309 g/mol. The van der Waals surface area contributed by atoms with Gasteiger partial charge in [-0.25, -0.2) is 0 Å². The lowest BCUT2D eigenvalue weighted by Crippen LogP contribution is -2.57. The molecule has 0 heterocycles. The topological polar surface area (TPSA) is 64.7 Å². The van der Waals surface area contributed by atoms with Gasteiger partial charge in [-0.1, -0.05) is 6.92 Å². The van der Waals surface area contributed by atoms with Gasteiger partial charge in [0, 0.05) is 5.56 Å². The van der Waals surface area contributed by atoms with Crippen LogP contribution in [0.25, 0.3) is 0 Å². The van der Waals surface area contributed by atoms with Gasteiger partial charge in [0.05, 0.1) is 32.0 Å². The van der Waals surface area contributed by atoms with Crippen LogP contribution in [0.15, 0.2) is 16.6 Å². The largest absolute Gasteiger partial charge is 0.496 e. The molecule has 1 aromatic carbocycles. The maximum absolute atomic E-state index is 10.3. The highest BCUT2D eigenvalue weighted by molar-refractivity contribution is 9.10. The third-order valence-electron chi connectivity index (χ3n) is 2.71. The number of halogens is 1. The predicted molar refractivity (Wildman–Crippen MR) is 75.2 cm³/mol. The van der Waals surface area contributed by atoms with Crippen LogP contribution in [0.2, 0.25) is 0 Å². The summed E-state index contributed by atoms with van der Waals surface area (Å²) in [7, 11) is 14.5. The second-order valence-corrected chi connectivity index (χ2v) is 5.09. The first kappa shape index (κ1) is 15.4. The molecule has 7 heteroatoms. The van der Waals surface area contributed by atoms with Gasteiger partial charge in [-0.05, 0) is 33.5 Å². The van der Waals surface area contributed by atoms with Gasteiger partial charge in [0.25, 0.3) is 0 Å². The molecular weight excluding hydrogens is 296 g/mol. The predicted octanol–water partition coefficient (Wildman–Crippen LogP) is 0.623. The minimum Gasteiger partial charge on any atom is -0.496 e. The van der Waals surface area contributed by atoms with Crippen LogP contribution in [-0.2, 0) is 5.50 Å². The van der Waals surface area contributed by atoms with E-state index in [9.17, 15) is 5.11 Å². The number of rotatable bonds is 4. The Labute approximate surface area is 118 Å². The Morgan fingerprint density at radius 3 is 2.11 bits per heavy atom. The van der Waals surface area contributed by atoms with Gasteiger partial charge in [0.1, 0.15) is 19.3 Å². The second kappa shape index (κ2) is 5.15. The molecule has 0 aliphatic rings. The Hall–Kier alpha value is -0.650. The van der Waals surface area contributed by atoms with E-state index in [1.54, 1.807) is 6.07 Å². The third-order valence-corrected chi connectivity index (χ3v) is 3.33. The Balaban J connectivity index is 3.48. The third kappa shape index (κ3) is 2.68. The minimum absolute atomic E-state index is 0.248. The van der Waals surface area contributed by atoms with Gasteiger partial charge in [-0.2, -0.15) is 0 Å². The fraction of sp³-hybridized carbons (Fsp3) is 0.455. The number of hydrogen-bond acceptors (Lipinski definition) is 4. The van der Waals surface area contributed by atoms with Gasteiger partial charge in [0.2, 0.25) is 0 Å². The van der Waals surface area contributed by atoms with Crippen LogP contribution in [0.3, 0.4) is 0 Å². The van der Waals surface area contributed by atoms with E-state index in [-0.39, 0.29) is 5.56 Å². The van der Waals surface area contributed by atoms with Crippen LogP contribution in [0.1, 0.15) is 12.5 Å². The minimum atomic E-state index is -1.97. The Morgan fingerprint density at radius 1 is 1.22 bits per heavy atom. The van der Waals surface area contributed by atoms with E-state index >= 15 is 0 Å². The summed E-state index contributed by atoms with van der Waals surface area (Å²) < 4.78 is 11.0. The van der Waals surface area contributed by atoms with Crippen LogP contribution in [0.5, 0.6) is 11.5 Å². The smallest absolute Gasteiger partial charge is 0.133 e. The molecule has 4 radical (unpaired) electrons. The van der Waals surface area contributed by atoms with E-state index in [0.717, 1.165) is 0 Å². The molecule has 18 heavy (non-hydrogen) atoms. The van der Waals surface area contributed by atoms with Gasteiger partial charge in [-0.3, -0.25) is 0 Å². The van der Waals surface area contributed by atoms with Crippen molar-refractivity contribution in [1.82, 2.24) is 0 Å². The van der Waals surface area contributed by atoms with Gasteiger partial charge in [-0.15, -0.1) is 0 Å². The summed E-state index contributed by atoms with van der Waals surface area (Å²) in [5.41, 5.74) is 2.43. The van der Waals surface area contributed by atoms with E-state index in [2.05, 4.69) is 15.9 Å². The second-order valence-electron chi connectivity index (χ2n) is 4.24. The van der Waals surface area contributed by atoms with Crippen molar-refractivity contribution < 1.29 is 14.6 Å². The van der Waals surface area contributed by atoms with Gasteiger partial charge >= 0.3 is 0 Å². The highest BCUT2D eigenvalue weighted by Crippen LogP contribution is 2.39. The summed E-state index contributed by atoms with van der Waals surface area (Å²) in [6.07, 6.45) is 0. The number of methoxy groups -OCH3 is 2. The number of hydrogen-bond donors (Lipinski definition) is 2. The average molecular weight is 310 g/mol. The van der Waals surface area contributed by atoms with E-state index in [1.807, 2.05) is 0 Å². The van der Waals surface area contributed by atoms with Gasteiger partial charge in [0.15, 0.2) is 0 Å². The molecule has 0 aliphatic heterocycles. The molecule has 0 fully saturated rings. The van der Waals surface area contributed by atoms with Crippen LogP contribution >= 0.6 is 15.9 Å². The Bertz CT molecular complexity index is 447. The molecule has 2 atom stereocenters. The summed E-state index contributed by atoms with van der Waals surface area (Å²) in [6, 6.07) is 3.15. The molecule has 0 aromatic heterocycles. The molecule has 0 amide bonds. The van der Waals surface area contributed by atoms with Crippen molar-refractivity contribution in [1.29, 1.82) is 0 Å². The van der Waals surface area contributed by atoms with Crippen LogP contribution in [-0.4, -0.2) is 40.5 Å². The van der Waals surface area contributed by atoms with Crippen LogP contribution in [0.4, 0.5) is 0 Å². The first-order valence-electron chi connectivity index (χ1n) is 5.16. The first-order chi connectivity index (χ1) is 8.15. The van der Waals surface area contributed by atoms with Crippen molar-refractivity contribution in [2.75, 3.05) is 14.2 Å². The fourth-order valence-corrected chi connectivity index (χ4v) is 1.93. The molecule has 0 aliphatic carbocycles. The van der Waals surface area contributed by atoms with Crippen molar-refractivity contribution in [2.24, 2.45) is 5.73 Å². The van der Waals surface area contributed by atoms with E-state index < -0.39 is 10.9 Å². The number of ether oxygens (including phenoxy) is 2. The maximum Gasteiger partial charge on any atom is 0.133 e. The molecule has 4 nitrogen and oxygen atoms in total. The molecule has 0 spiro atoms. The lowest BCUT2D eigenvalue weighted by atomic mass is 9.55. The highest BCUT2D eigenvalue weighted by Gasteiger charge is 2.39. The Kier molecular flexibility index (Phi) is 4.41. The summed E-state index contributed by atoms with van der Waals surface area (Å²) in [5, 5.41) is 10.3. The quantitative estimate of drug-likeness (QED) is 0.801. The summed E-state index contributed by atoms with van der Waals surface area (Å²) in [6.45, 7) is 1.42. The molecule has 3 N–H and O–H groups in total. The zero-order chi connectivity index (χ0) is 14.1. The average Bonchev–Trinajstić information content (AvgIpc) is 2.26. The fourth-order valence-electron chi connectivity index (χ4n) is 1.45.